The molecule has 0 fully saturated rings. The number of benzene rings is 1. The van der Waals surface area contributed by atoms with Crippen LogP contribution in [-0.2, 0) is 14.8 Å². The van der Waals surface area contributed by atoms with E-state index in [9.17, 15) is 12.8 Å². The zero-order valence-corrected chi connectivity index (χ0v) is 11.6. The average molecular weight is 275 g/mol. The van der Waals surface area contributed by atoms with Crippen LogP contribution in [0.1, 0.15) is 17.5 Å². The lowest BCUT2D eigenvalue weighted by atomic mass is 10.1. The Labute approximate surface area is 107 Å². The van der Waals surface area contributed by atoms with Gasteiger partial charge < -0.3 is 4.74 Å². The lowest BCUT2D eigenvalue weighted by Crippen LogP contribution is -2.27. The summed E-state index contributed by atoms with van der Waals surface area (Å²) in [6.45, 7) is 3.95. The highest BCUT2D eigenvalue weighted by Crippen LogP contribution is 2.21. The van der Waals surface area contributed by atoms with Gasteiger partial charge in [-0.3, -0.25) is 0 Å². The normalized spacial score (nSPS) is 11.8. The lowest BCUT2D eigenvalue weighted by molar-refractivity contribution is 0.196. The molecule has 0 spiro atoms. The molecule has 0 saturated heterocycles. The molecule has 0 heterocycles. The molecule has 0 aliphatic carbocycles. The first kappa shape index (κ1) is 15.1. The van der Waals surface area contributed by atoms with Gasteiger partial charge in [-0.05, 0) is 43.5 Å². The lowest BCUT2D eigenvalue weighted by Gasteiger charge is -2.12. The molecule has 0 bridgehead atoms. The Morgan fingerprint density at radius 1 is 1.28 bits per heavy atom. The minimum atomic E-state index is -3.59. The Hall–Kier alpha value is -0.980. The Kier molecular flexibility index (Phi) is 5.25. The topological polar surface area (TPSA) is 55.4 Å². The number of methoxy groups -OCH3 is 1. The molecule has 1 aromatic carbocycles. The van der Waals surface area contributed by atoms with E-state index in [1.165, 1.54) is 12.1 Å². The molecule has 4 nitrogen and oxygen atoms in total. The van der Waals surface area contributed by atoms with E-state index < -0.39 is 15.8 Å². The smallest absolute Gasteiger partial charge is 0.241 e. The number of hydrogen-bond acceptors (Lipinski definition) is 3. The minimum absolute atomic E-state index is 0.154. The van der Waals surface area contributed by atoms with Crippen molar-refractivity contribution in [3.05, 3.63) is 29.1 Å². The summed E-state index contributed by atoms with van der Waals surface area (Å²) in [5.41, 5.74) is 0.818. The van der Waals surface area contributed by atoms with E-state index in [0.717, 1.165) is 0 Å². The fourth-order valence-corrected chi connectivity index (χ4v) is 3.34. The van der Waals surface area contributed by atoms with E-state index in [-0.39, 0.29) is 4.90 Å². The van der Waals surface area contributed by atoms with Crippen LogP contribution >= 0.6 is 0 Å². The van der Waals surface area contributed by atoms with Crippen molar-refractivity contribution in [3.63, 3.8) is 0 Å². The third-order valence-electron chi connectivity index (χ3n) is 2.51. The van der Waals surface area contributed by atoms with Gasteiger partial charge in [0.15, 0.2) is 0 Å². The first-order valence-corrected chi connectivity index (χ1v) is 7.12. The molecular formula is C12H18FNO3S. The van der Waals surface area contributed by atoms with Crippen LogP contribution in [0.15, 0.2) is 17.0 Å². The standard InChI is InChI=1S/C12H18FNO3S/c1-9-7-11(13)8-10(2)12(9)18(15,16)14-5-4-6-17-3/h7-8,14H,4-6H2,1-3H3. The maximum atomic E-state index is 13.1. The summed E-state index contributed by atoms with van der Waals surface area (Å²) in [7, 11) is -2.03. The van der Waals surface area contributed by atoms with Crippen LogP contribution in [0.25, 0.3) is 0 Å². The summed E-state index contributed by atoms with van der Waals surface area (Å²) < 4.78 is 44.6. The molecule has 18 heavy (non-hydrogen) atoms. The highest BCUT2D eigenvalue weighted by atomic mass is 32.2. The maximum absolute atomic E-state index is 13.1. The van der Waals surface area contributed by atoms with Crippen LogP contribution in [0.3, 0.4) is 0 Å². The third kappa shape index (κ3) is 3.76. The molecule has 0 unspecified atom stereocenters. The van der Waals surface area contributed by atoms with Crippen molar-refractivity contribution in [1.29, 1.82) is 0 Å². The molecule has 0 saturated carbocycles. The van der Waals surface area contributed by atoms with Gasteiger partial charge in [0, 0.05) is 20.3 Å². The highest BCUT2D eigenvalue weighted by Gasteiger charge is 2.19. The molecule has 1 aromatic rings. The Morgan fingerprint density at radius 2 is 1.83 bits per heavy atom. The number of rotatable bonds is 6. The molecular weight excluding hydrogens is 257 g/mol. The third-order valence-corrected chi connectivity index (χ3v) is 4.28. The van der Waals surface area contributed by atoms with Crippen molar-refractivity contribution in [1.82, 2.24) is 4.72 Å². The van der Waals surface area contributed by atoms with Crippen LogP contribution in [0, 0.1) is 19.7 Å². The number of hydrogen-bond donors (Lipinski definition) is 1. The Bertz CT molecular complexity index is 491. The fourth-order valence-electron chi connectivity index (χ4n) is 1.82. The van der Waals surface area contributed by atoms with Gasteiger partial charge in [-0.25, -0.2) is 17.5 Å². The van der Waals surface area contributed by atoms with E-state index in [1.54, 1.807) is 21.0 Å². The van der Waals surface area contributed by atoms with Gasteiger partial charge in [-0.2, -0.15) is 0 Å². The Balaban J connectivity index is 2.92. The number of aryl methyl sites for hydroxylation is 2. The molecule has 0 atom stereocenters. The van der Waals surface area contributed by atoms with Crippen LogP contribution in [0.4, 0.5) is 4.39 Å². The first-order chi connectivity index (χ1) is 8.38. The fraction of sp³-hybridized carbons (Fsp3) is 0.500. The molecule has 102 valence electrons. The summed E-state index contributed by atoms with van der Waals surface area (Å²) in [5.74, 6) is -0.427. The van der Waals surface area contributed by atoms with Crippen molar-refractivity contribution in [2.45, 2.75) is 25.2 Å². The predicted molar refractivity (Wildman–Crippen MR) is 67.6 cm³/mol. The summed E-state index contributed by atoms with van der Waals surface area (Å²) in [6.07, 6.45) is 0.592. The molecule has 0 aliphatic heterocycles. The molecule has 0 aliphatic rings. The summed E-state index contributed by atoms with van der Waals surface area (Å²) in [6, 6.07) is 2.44. The van der Waals surface area contributed by atoms with E-state index in [2.05, 4.69) is 4.72 Å². The van der Waals surface area contributed by atoms with Crippen molar-refractivity contribution in [3.8, 4) is 0 Å². The zero-order chi connectivity index (χ0) is 13.8. The second kappa shape index (κ2) is 6.26. The number of sulfonamides is 1. The van der Waals surface area contributed by atoms with Gasteiger partial charge in [0.1, 0.15) is 5.82 Å². The van der Waals surface area contributed by atoms with E-state index in [4.69, 9.17) is 4.74 Å². The SMILES string of the molecule is COCCCNS(=O)(=O)c1c(C)cc(F)cc1C. The van der Waals surface area contributed by atoms with E-state index in [0.29, 0.717) is 30.7 Å². The second-order valence-electron chi connectivity index (χ2n) is 4.11. The van der Waals surface area contributed by atoms with E-state index >= 15 is 0 Å². The molecule has 0 aromatic heterocycles. The van der Waals surface area contributed by atoms with Gasteiger partial charge in [-0.1, -0.05) is 0 Å². The van der Waals surface area contributed by atoms with Crippen LogP contribution in [0.5, 0.6) is 0 Å². The van der Waals surface area contributed by atoms with E-state index in [1.807, 2.05) is 0 Å². The minimum Gasteiger partial charge on any atom is -0.385 e. The van der Waals surface area contributed by atoms with Crippen LogP contribution in [-0.4, -0.2) is 28.7 Å². The molecule has 1 rings (SSSR count). The summed E-state index contributed by atoms with van der Waals surface area (Å²) >= 11 is 0. The van der Waals surface area contributed by atoms with Crippen molar-refractivity contribution >= 4 is 10.0 Å². The number of ether oxygens (including phenoxy) is 1. The van der Waals surface area contributed by atoms with Crippen LogP contribution in [0.2, 0.25) is 0 Å². The number of nitrogens with one attached hydrogen (secondary N) is 1. The quantitative estimate of drug-likeness (QED) is 0.805. The van der Waals surface area contributed by atoms with Crippen LogP contribution < -0.4 is 4.72 Å². The van der Waals surface area contributed by atoms with Gasteiger partial charge >= 0.3 is 0 Å². The number of halogens is 1. The summed E-state index contributed by atoms with van der Waals surface area (Å²) in [5, 5.41) is 0. The van der Waals surface area contributed by atoms with Gasteiger partial charge in [0.05, 0.1) is 4.90 Å². The van der Waals surface area contributed by atoms with Crippen molar-refractivity contribution in [2.24, 2.45) is 0 Å². The second-order valence-corrected chi connectivity index (χ2v) is 5.82. The molecule has 1 N–H and O–H groups in total. The first-order valence-electron chi connectivity index (χ1n) is 5.64. The summed E-state index contributed by atoms with van der Waals surface area (Å²) in [4.78, 5) is 0.154. The van der Waals surface area contributed by atoms with Crippen molar-refractivity contribution < 1.29 is 17.5 Å². The monoisotopic (exact) mass is 275 g/mol. The maximum Gasteiger partial charge on any atom is 0.241 e. The predicted octanol–water partition coefficient (Wildman–Crippen LogP) is 1.76. The molecule has 0 radical (unpaired) electrons. The average Bonchev–Trinajstić information content (AvgIpc) is 2.22. The molecule has 0 amide bonds. The van der Waals surface area contributed by atoms with Crippen molar-refractivity contribution in [2.75, 3.05) is 20.3 Å². The Morgan fingerprint density at radius 3 is 2.33 bits per heavy atom. The van der Waals surface area contributed by atoms with Gasteiger partial charge in [0.25, 0.3) is 0 Å². The largest absolute Gasteiger partial charge is 0.385 e. The van der Waals surface area contributed by atoms with Gasteiger partial charge in [-0.15, -0.1) is 0 Å². The zero-order valence-electron chi connectivity index (χ0n) is 10.8. The highest BCUT2D eigenvalue weighted by molar-refractivity contribution is 7.89. The van der Waals surface area contributed by atoms with Gasteiger partial charge in [0.2, 0.25) is 10.0 Å². The molecule has 6 heteroatoms.